The molecule has 0 bridgehead atoms. The van der Waals surface area contributed by atoms with Gasteiger partial charge in [0.25, 0.3) is 5.69 Å². The van der Waals surface area contributed by atoms with E-state index in [9.17, 15) is 15.2 Å². The number of halogens is 1. The summed E-state index contributed by atoms with van der Waals surface area (Å²) in [7, 11) is 0. The fourth-order valence-electron chi connectivity index (χ4n) is 1.08. The van der Waals surface area contributed by atoms with Gasteiger partial charge in [0.1, 0.15) is 5.60 Å². The third kappa shape index (κ3) is 2.49. The molecule has 0 radical (unpaired) electrons. The van der Waals surface area contributed by atoms with Crippen molar-refractivity contribution >= 4 is 21.6 Å². The highest BCUT2D eigenvalue weighted by molar-refractivity contribution is 9.10. The number of nitrogens with two attached hydrogens (primary N) is 1. The Bertz CT molecular complexity index is 395. The van der Waals surface area contributed by atoms with Gasteiger partial charge in [-0.3, -0.25) is 10.1 Å². The summed E-state index contributed by atoms with van der Waals surface area (Å²) in [6, 6.07) is 1.28. The number of rotatable bonds is 3. The molecule has 82 valence electrons. The van der Waals surface area contributed by atoms with Crippen molar-refractivity contribution in [3.8, 4) is 0 Å². The second-order valence-corrected chi connectivity index (χ2v) is 4.17. The molecule has 0 spiro atoms. The normalized spacial score (nSPS) is 14.7. The summed E-state index contributed by atoms with van der Waals surface area (Å²) in [5, 5.41) is 20.5. The van der Waals surface area contributed by atoms with Crippen LogP contribution in [-0.4, -0.2) is 21.6 Å². The van der Waals surface area contributed by atoms with Crippen LogP contribution in [0.5, 0.6) is 0 Å². The summed E-state index contributed by atoms with van der Waals surface area (Å²) < 4.78 is 0.478. The van der Waals surface area contributed by atoms with Gasteiger partial charge in [0, 0.05) is 23.3 Å². The smallest absolute Gasteiger partial charge is 0.294 e. The molecule has 0 saturated heterocycles. The lowest BCUT2D eigenvalue weighted by Gasteiger charge is -2.19. The summed E-state index contributed by atoms with van der Waals surface area (Å²) in [6.45, 7) is 1.25. The fraction of sp³-hybridized carbons (Fsp3) is 0.375. The fourth-order valence-corrected chi connectivity index (χ4v) is 1.40. The first-order chi connectivity index (χ1) is 6.88. The van der Waals surface area contributed by atoms with E-state index < -0.39 is 10.5 Å². The zero-order chi connectivity index (χ0) is 11.6. The van der Waals surface area contributed by atoms with Crippen molar-refractivity contribution in [1.82, 2.24) is 4.98 Å². The van der Waals surface area contributed by atoms with Crippen LogP contribution in [0.25, 0.3) is 0 Å². The van der Waals surface area contributed by atoms with Gasteiger partial charge in [0.05, 0.1) is 4.92 Å². The highest BCUT2D eigenvalue weighted by Crippen LogP contribution is 2.29. The van der Waals surface area contributed by atoms with Gasteiger partial charge in [-0.2, -0.15) is 0 Å². The number of hydrogen-bond acceptors (Lipinski definition) is 5. The molecule has 1 aromatic heterocycles. The summed E-state index contributed by atoms with van der Waals surface area (Å²) in [5.41, 5.74) is 3.54. The maximum atomic E-state index is 10.7. The standard InChI is InChI=1S/C8H10BrN3O3/c1-8(13,4-10)7-6(12(14)15)2-5(9)3-11-7/h2-3,13H,4,10H2,1H3. The largest absolute Gasteiger partial charge is 0.382 e. The third-order valence-electron chi connectivity index (χ3n) is 1.94. The van der Waals surface area contributed by atoms with E-state index in [2.05, 4.69) is 20.9 Å². The Morgan fingerprint density at radius 2 is 2.40 bits per heavy atom. The van der Waals surface area contributed by atoms with E-state index in [0.29, 0.717) is 4.47 Å². The maximum absolute atomic E-state index is 10.7. The van der Waals surface area contributed by atoms with Crippen LogP contribution < -0.4 is 5.73 Å². The molecule has 0 aliphatic heterocycles. The number of aromatic nitrogens is 1. The molecule has 0 amide bonds. The van der Waals surface area contributed by atoms with Crippen molar-refractivity contribution < 1.29 is 10.0 Å². The molecule has 0 aromatic carbocycles. The Morgan fingerprint density at radius 1 is 1.80 bits per heavy atom. The van der Waals surface area contributed by atoms with Gasteiger partial charge in [-0.15, -0.1) is 0 Å². The highest BCUT2D eigenvalue weighted by Gasteiger charge is 2.31. The molecule has 1 heterocycles. The Labute approximate surface area is 94.4 Å². The Morgan fingerprint density at radius 3 is 2.87 bits per heavy atom. The van der Waals surface area contributed by atoms with Gasteiger partial charge in [-0.1, -0.05) is 0 Å². The number of nitrogens with zero attached hydrogens (tertiary/aromatic N) is 2. The monoisotopic (exact) mass is 275 g/mol. The maximum Gasteiger partial charge on any atom is 0.294 e. The van der Waals surface area contributed by atoms with Gasteiger partial charge < -0.3 is 10.8 Å². The van der Waals surface area contributed by atoms with Crippen molar-refractivity contribution in [3.05, 3.63) is 32.5 Å². The highest BCUT2D eigenvalue weighted by atomic mass is 79.9. The van der Waals surface area contributed by atoms with E-state index in [-0.39, 0.29) is 17.9 Å². The van der Waals surface area contributed by atoms with Crippen LogP contribution in [-0.2, 0) is 5.60 Å². The summed E-state index contributed by atoms with van der Waals surface area (Å²) in [5.74, 6) is 0. The van der Waals surface area contributed by atoms with Gasteiger partial charge in [-0.05, 0) is 22.9 Å². The van der Waals surface area contributed by atoms with E-state index in [1.807, 2.05) is 0 Å². The molecule has 1 rings (SSSR count). The van der Waals surface area contributed by atoms with Crippen LogP contribution >= 0.6 is 15.9 Å². The number of nitro groups is 1. The van der Waals surface area contributed by atoms with E-state index >= 15 is 0 Å². The lowest BCUT2D eigenvalue weighted by Crippen LogP contribution is -2.33. The van der Waals surface area contributed by atoms with Gasteiger partial charge in [0.2, 0.25) is 0 Å². The molecule has 1 atom stereocenters. The topological polar surface area (TPSA) is 102 Å². The van der Waals surface area contributed by atoms with Crippen LogP contribution in [0.3, 0.4) is 0 Å². The van der Waals surface area contributed by atoms with Crippen LogP contribution in [0.2, 0.25) is 0 Å². The molecule has 7 heteroatoms. The summed E-state index contributed by atoms with van der Waals surface area (Å²) >= 11 is 3.07. The van der Waals surface area contributed by atoms with Crippen molar-refractivity contribution in [2.45, 2.75) is 12.5 Å². The quantitative estimate of drug-likeness (QED) is 0.631. The molecule has 6 nitrogen and oxygen atoms in total. The lowest BCUT2D eigenvalue weighted by atomic mass is 10.0. The van der Waals surface area contributed by atoms with Gasteiger partial charge in [0.15, 0.2) is 5.69 Å². The molecule has 0 aliphatic carbocycles. The minimum absolute atomic E-state index is 0.0294. The Balaban J connectivity index is 3.35. The molecule has 0 fully saturated rings. The molecule has 0 aliphatic rings. The summed E-state index contributed by atoms with van der Waals surface area (Å²) in [4.78, 5) is 14.0. The molecule has 1 unspecified atom stereocenters. The number of pyridine rings is 1. The van der Waals surface area contributed by atoms with Crippen LogP contribution in [0.4, 0.5) is 5.69 Å². The van der Waals surface area contributed by atoms with E-state index in [4.69, 9.17) is 5.73 Å². The average molecular weight is 276 g/mol. The molecular weight excluding hydrogens is 266 g/mol. The zero-order valence-electron chi connectivity index (χ0n) is 7.98. The molecular formula is C8H10BrN3O3. The second-order valence-electron chi connectivity index (χ2n) is 3.26. The zero-order valence-corrected chi connectivity index (χ0v) is 9.56. The first-order valence-electron chi connectivity index (χ1n) is 4.11. The summed E-state index contributed by atoms with van der Waals surface area (Å²) in [6.07, 6.45) is 1.38. The van der Waals surface area contributed by atoms with E-state index in [0.717, 1.165) is 0 Å². The van der Waals surface area contributed by atoms with Crippen molar-refractivity contribution in [3.63, 3.8) is 0 Å². The average Bonchev–Trinajstić information content (AvgIpc) is 2.17. The Hall–Kier alpha value is -1.05. The van der Waals surface area contributed by atoms with Crippen molar-refractivity contribution in [1.29, 1.82) is 0 Å². The second kappa shape index (κ2) is 4.21. The molecule has 3 N–H and O–H groups in total. The molecule has 1 aromatic rings. The third-order valence-corrected chi connectivity index (χ3v) is 2.37. The van der Waals surface area contributed by atoms with Crippen LogP contribution in [0.15, 0.2) is 16.7 Å². The predicted octanol–water partition coefficient (Wildman–Crippen LogP) is 0.918. The number of aliphatic hydroxyl groups is 1. The first-order valence-corrected chi connectivity index (χ1v) is 4.90. The minimum Gasteiger partial charge on any atom is -0.382 e. The SMILES string of the molecule is CC(O)(CN)c1ncc(Br)cc1[N+](=O)[O-]. The molecule has 15 heavy (non-hydrogen) atoms. The van der Waals surface area contributed by atoms with E-state index in [1.54, 1.807) is 0 Å². The number of hydrogen-bond donors (Lipinski definition) is 2. The predicted molar refractivity (Wildman–Crippen MR) is 57.2 cm³/mol. The first kappa shape index (κ1) is 12.0. The lowest BCUT2D eigenvalue weighted by molar-refractivity contribution is -0.387. The Kier molecular flexibility index (Phi) is 3.38. The molecule has 0 saturated carbocycles. The van der Waals surface area contributed by atoms with Crippen molar-refractivity contribution in [2.75, 3.05) is 6.54 Å². The van der Waals surface area contributed by atoms with Crippen LogP contribution in [0, 0.1) is 10.1 Å². The van der Waals surface area contributed by atoms with Crippen molar-refractivity contribution in [2.24, 2.45) is 5.73 Å². The minimum atomic E-state index is -1.50. The van der Waals surface area contributed by atoms with Crippen LogP contribution in [0.1, 0.15) is 12.6 Å². The van der Waals surface area contributed by atoms with E-state index in [1.165, 1.54) is 19.2 Å². The van der Waals surface area contributed by atoms with Gasteiger partial charge in [-0.25, -0.2) is 4.98 Å². The van der Waals surface area contributed by atoms with Gasteiger partial charge >= 0.3 is 0 Å².